The molecule has 0 aromatic carbocycles. The van der Waals surface area contributed by atoms with E-state index in [4.69, 9.17) is 5.73 Å². The van der Waals surface area contributed by atoms with Gasteiger partial charge in [-0.25, -0.2) is 0 Å². The lowest BCUT2D eigenvalue weighted by atomic mass is 10.2. The lowest BCUT2D eigenvalue weighted by molar-refractivity contribution is -0.131. The summed E-state index contributed by atoms with van der Waals surface area (Å²) < 4.78 is 0. The molecule has 0 saturated heterocycles. The zero-order valence-corrected chi connectivity index (χ0v) is 10.9. The Morgan fingerprint density at radius 3 is 2.83 bits per heavy atom. The lowest BCUT2D eigenvalue weighted by Crippen LogP contribution is -2.35. The molecule has 2 N–H and O–H groups in total. The number of aromatic nitrogens is 1. The number of nitrogens with two attached hydrogens (primary N) is 1. The Balaban J connectivity index is 1.93. The molecule has 1 fully saturated rings. The molecule has 1 aliphatic carbocycles. The van der Waals surface area contributed by atoms with E-state index < -0.39 is 0 Å². The fourth-order valence-corrected chi connectivity index (χ4v) is 2.02. The Morgan fingerprint density at radius 1 is 1.50 bits per heavy atom. The van der Waals surface area contributed by atoms with Gasteiger partial charge < -0.3 is 10.6 Å². The molecule has 4 nitrogen and oxygen atoms in total. The number of nitrogens with zero attached hydrogens (tertiary/aromatic N) is 2. The molecule has 1 aliphatic rings. The quantitative estimate of drug-likeness (QED) is 0.836. The minimum atomic E-state index is 0.197. The maximum atomic E-state index is 12.2. The first-order chi connectivity index (χ1) is 8.70. The van der Waals surface area contributed by atoms with Crippen LogP contribution in [0.2, 0.25) is 0 Å². The molecule has 0 bridgehead atoms. The smallest absolute Gasteiger partial charge is 0.228 e. The molecule has 1 aromatic rings. The van der Waals surface area contributed by atoms with E-state index >= 15 is 0 Å². The van der Waals surface area contributed by atoms with Crippen molar-refractivity contribution in [3.63, 3.8) is 0 Å². The normalized spacial score (nSPS) is 14.5. The van der Waals surface area contributed by atoms with Crippen molar-refractivity contribution in [2.75, 3.05) is 12.3 Å². The van der Waals surface area contributed by atoms with Gasteiger partial charge in [0.2, 0.25) is 5.91 Å². The third-order valence-corrected chi connectivity index (χ3v) is 3.24. The van der Waals surface area contributed by atoms with Gasteiger partial charge in [-0.1, -0.05) is 13.3 Å². The predicted molar refractivity (Wildman–Crippen MR) is 72.0 cm³/mol. The molecule has 98 valence electrons. The van der Waals surface area contributed by atoms with E-state index in [2.05, 4.69) is 11.9 Å². The standard InChI is InChI=1S/C14H21N3O/c1-2-3-8-17(13-6-7-13)14(18)9-12-5-4-11(15)10-16-12/h4-5,10,13H,2-3,6-9,15H2,1H3. The van der Waals surface area contributed by atoms with E-state index in [-0.39, 0.29) is 5.91 Å². The van der Waals surface area contributed by atoms with Crippen molar-refractivity contribution in [1.82, 2.24) is 9.88 Å². The molecule has 1 saturated carbocycles. The monoisotopic (exact) mass is 247 g/mol. The third-order valence-electron chi connectivity index (χ3n) is 3.24. The average molecular weight is 247 g/mol. The maximum Gasteiger partial charge on any atom is 0.228 e. The molecule has 0 unspecified atom stereocenters. The Labute approximate surface area is 108 Å². The topological polar surface area (TPSA) is 59.2 Å². The number of amides is 1. The van der Waals surface area contributed by atoms with Crippen LogP contribution in [-0.4, -0.2) is 28.4 Å². The van der Waals surface area contributed by atoms with Gasteiger partial charge in [-0.2, -0.15) is 0 Å². The van der Waals surface area contributed by atoms with Crippen LogP contribution in [0.25, 0.3) is 0 Å². The number of carbonyl (C=O) groups excluding carboxylic acids is 1. The summed E-state index contributed by atoms with van der Waals surface area (Å²) in [6.45, 7) is 3.03. The van der Waals surface area contributed by atoms with E-state index in [0.717, 1.165) is 37.9 Å². The highest BCUT2D eigenvalue weighted by molar-refractivity contribution is 5.79. The van der Waals surface area contributed by atoms with Crippen LogP contribution in [0.4, 0.5) is 5.69 Å². The largest absolute Gasteiger partial charge is 0.397 e. The number of hydrogen-bond acceptors (Lipinski definition) is 3. The Hall–Kier alpha value is -1.58. The summed E-state index contributed by atoms with van der Waals surface area (Å²) in [6.07, 6.45) is 6.51. The van der Waals surface area contributed by atoms with Crippen molar-refractivity contribution >= 4 is 11.6 Å². The summed E-state index contributed by atoms with van der Waals surface area (Å²) in [7, 11) is 0. The Kier molecular flexibility index (Phi) is 4.18. The summed E-state index contributed by atoms with van der Waals surface area (Å²) in [5.74, 6) is 0.197. The van der Waals surface area contributed by atoms with Crippen LogP contribution >= 0.6 is 0 Å². The highest BCUT2D eigenvalue weighted by Gasteiger charge is 2.31. The van der Waals surface area contributed by atoms with Crippen molar-refractivity contribution in [3.8, 4) is 0 Å². The van der Waals surface area contributed by atoms with E-state index in [0.29, 0.717) is 18.2 Å². The molecule has 0 aliphatic heterocycles. The van der Waals surface area contributed by atoms with Crippen LogP contribution in [0.1, 0.15) is 38.3 Å². The zero-order chi connectivity index (χ0) is 13.0. The first-order valence-electron chi connectivity index (χ1n) is 6.70. The molecular weight excluding hydrogens is 226 g/mol. The second-order valence-corrected chi connectivity index (χ2v) is 4.93. The molecule has 18 heavy (non-hydrogen) atoms. The van der Waals surface area contributed by atoms with Gasteiger partial charge in [0.1, 0.15) is 0 Å². The number of anilines is 1. The molecule has 0 atom stereocenters. The molecular formula is C14H21N3O. The molecule has 2 rings (SSSR count). The van der Waals surface area contributed by atoms with E-state index in [1.54, 1.807) is 12.3 Å². The Morgan fingerprint density at radius 2 is 2.28 bits per heavy atom. The van der Waals surface area contributed by atoms with Crippen molar-refractivity contribution in [2.24, 2.45) is 0 Å². The minimum Gasteiger partial charge on any atom is -0.397 e. The van der Waals surface area contributed by atoms with E-state index in [9.17, 15) is 4.79 Å². The molecule has 1 amide bonds. The van der Waals surface area contributed by atoms with Gasteiger partial charge >= 0.3 is 0 Å². The van der Waals surface area contributed by atoms with Crippen molar-refractivity contribution in [2.45, 2.75) is 45.1 Å². The van der Waals surface area contributed by atoms with E-state index in [1.807, 2.05) is 11.0 Å². The lowest BCUT2D eigenvalue weighted by Gasteiger charge is -2.22. The van der Waals surface area contributed by atoms with Crippen LogP contribution in [0.5, 0.6) is 0 Å². The number of nitrogen functional groups attached to an aromatic ring is 1. The van der Waals surface area contributed by atoms with Gasteiger partial charge in [0, 0.05) is 18.3 Å². The molecule has 1 aromatic heterocycles. The van der Waals surface area contributed by atoms with Crippen LogP contribution in [0.3, 0.4) is 0 Å². The van der Waals surface area contributed by atoms with Crippen molar-refractivity contribution in [3.05, 3.63) is 24.0 Å². The molecule has 0 spiro atoms. The van der Waals surface area contributed by atoms with Crippen LogP contribution < -0.4 is 5.73 Å². The fourth-order valence-electron chi connectivity index (χ4n) is 2.02. The average Bonchev–Trinajstić information content (AvgIpc) is 3.17. The highest BCUT2D eigenvalue weighted by atomic mass is 16.2. The maximum absolute atomic E-state index is 12.2. The second-order valence-electron chi connectivity index (χ2n) is 4.93. The van der Waals surface area contributed by atoms with Gasteiger partial charge in [0.05, 0.1) is 18.3 Å². The summed E-state index contributed by atoms with van der Waals surface area (Å²) in [4.78, 5) is 18.5. The minimum absolute atomic E-state index is 0.197. The van der Waals surface area contributed by atoms with Gasteiger partial charge in [0.25, 0.3) is 0 Å². The van der Waals surface area contributed by atoms with Gasteiger partial charge in [-0.3, -0.25) is 9.78 Å². The zero-order valence-electron chi connectivity index (χ0n) is 10.9. The summed E-state index contributed by atoms with van der Waals surface area (Å²) in [6, 6.07) is 4.11. The number of rotatable bonds is 6. The molecule has 1 heterocycles. The Bertz CT molecular complexity index is 398. The number of unbranched alkanes of at least 4 members (excludes halogenated alkanes) is 1. The molecule has 0 radical (unpaired) electrons. The first-order valence-corrected chi connectivity index (χ1v) is 6.70. The number of pyridine rings is 1. The second kappa shape index (κ2) is 5.85. The van der Waals surface area contributed by atoms with Crippen LogP contribution in [-0.2, 0) is 11.2 Å². The van der Waals surface area contributed by atoms with Gasteiger partial charge in [-0.15, -0.1) is 0 Å². The van der Waals surface area contributed by atoms with Crippen molar-refractivity contribution in [1.29, 1.82) is 0 Å². The number of hydrogen-bond donors (Lipinski definition) is 1. The van der Waals surface area contributed by atoms with Crippen molar-refractivity contribution < 1.29 is 4.79 Å². The summed E-state index contributed by atoms with van der Waals surface area (Å²) in [5.41, 5.74) is 7.02. The van der Waals surface area contributed by atoms with E-state index in [1.165, 1.54) is 0 Å². The molecule has 4 heteroatoms. The fraction of sp³-hybridized carbons (Fsp3) is 0.571. The summed E-state index contributed by atoms with van der Waals surface area (Å²) >= 11 is 0. The number of carbonyl (C=O) groups is 1. The predicted octanol–water partition coefficient (Wildman–Crippen LogP) is 2.00. The van der Waals surface area contributed by atoms with Crippen LogP contribution in [0, 0.1) is 0 Å². The van der Waals surface area contributed by atoms with Crippen LogP contribution in [0.15, 0.2) is 18.3 Å². The van der Waals surface area contributed by atoms with Gasteiger partial charge in [-0.05, 0) is 31.4 Å². The van der Waals surface area contributed by atoms with Gasteiger partial charge in [0.15, 0.2) is 0 Å². The SMILES string of the molecule is CCCCN(C(=O)Cc1ccc(N)cn1)C1CC1. The first kappa shape index (κ1) is 12.9. The summed E-state index contributed by atoms with van der Waals surface area (Å²) in [5, 5.41) is 0. The third kappa shape index (κ3) is 3.45. The highest BCUT2D eigenvalue weighted by Crippen LogP contribution is 2.27.